The van der Waals surface area contributed by atoms with E-state index in [0.717, 1.165) is 38.8 Å². The van der Waals surface area contributed by atoms with Gasteiger partial charge in [0.05, 0.1) is 13.2 Å². The molecule has 0 amide bonds. The fourth-order valence-electron chi connectivity index (χ4n) is 2.90. The number of ether oxygens (including phenoxy) is 1. The zero-order chi connectivity index (χ0) is 16.7. The second-order valence-electron chi connectivity index (χ2n) is 6.30. The molecular weight excluding hydrogens is 435 g/mol. The number of hydrogen-bond donors (Lipinski definition) is 2. The van der Waals surface area contributed by atoms with Gasteiger partial charge in [0.2, 0.25) is 0 Å². The van der Waals surface area contributed by atoms with Crippen molar-refractivity contribution < 1.29 is 4.74 Å². The maximum Gasteiger partial charge on any atom is 0.191 e. The lowest BCUT2D eigenvalue weighted by Gasteiger charge is -2.38. The zero-order valence-corrected chi connectivity index (χ0v) is 18.3. The Bertz CT molecular complexity index is 483. The molecule has 1 aliphatic heterocycles. The molecule has 0 aliphatic carbocycles. The second-order valence-corrected chi connectivity index (χ2v) is 7.08. The van der Waals surface area contributed by atoms with Crippen molar-refractivity contribution in [1.29, 1.82) is 0 Å². The van der Waals surface area contributed by atoms with Crippen molar-refractivity contribution in [3.63, 3.8) is 0 Å². The third-order valence-corrected chi connectivity index (χ3v) is 5.16. The van der Waals surface area contributed by atoms with Gasteiger partial charge in [-0.15, -0.1) is 24.0 Å². The van der Waals surface area contributed by atoms with Gasteiger partial charge in [0.25, 0.3) is 0 Å². The van der Waals surface area contributed by atoms with E-state index in [1.807, 2.05) is 7.05 Å². The molecule has 3 atom stereocenters. The Morgan fingerprint density at radius 1 is 1.42 bits per heavy atom. The number of aliphatic imine (C=N–C) groups is 1. The van der Waals surface area contributed by atoms with Crippen LogP contribution < -0.4 is 10.6 Å². The summed E-state index contributed by atoms with van der Waals surface area (Å²) in [6.07, 6.45) is 0. The van der Waals surface area contributed by atoms with Crippen molar-refractivity contribution in [2.45, 2.75) is 38.8 Å². The summed E-state index contributed by atoms with van der Waals surface area (Å²) in [5, 5.41) is 11.2. The smallest absolute Gasteiger partial charge is 0.191 e. The van der Waals surface area contributed by atoms with E-state index in [4.69, 9.17) is 4.74 Å². The van der Waals surface area contributed by atoms with Crippen molar-refractivity contribution >= 4 is 41.3 Å². The Morgan fingerprint density at radius 2 is 2.17 bits per heavy atom. The van der Waals surface area contributed by atoms with E-state index >= 15 is 0 Å². The number of morpholine rings is 1. The molecule has 1 aromatic rings. The average molecular weight is 466 g/mol. The van der Waals surface area contributed by atoms with Gasteiger partial charge in [-0.05, 0) is 42.2 Å². The fourth-order valence-corrected chi connectivity index (χ4v) is 3.68. The molecule has 1 saturated heterocycles. The first-order valence-corrected chi connectivity index (χ1v) is 9.36. The first-order chi connectivity index (χ1) is 11.1. The van der Waals surface area contributed by atoms with Gasteiger partial charge >= 0.3 is 0 Å². The van der Waals surface area contributed by atoms with Crippen LogP contribution in [0.2, 0.25) is 0 Å². The van der Waals surface area contributed by atoms with Crippen LogP contribution in [0.4, 0.5) is 0 Å². The van der Waals surface area contributed by atoms with Crippen molar-refractivity contribution in [2.75, 3.05) is 39.9 Å². The SMILES string of the molecule is CN=C(NCC(C)c1ccsc1)NCC(C)N1CCOCC1C.I. The summed E-state index contributed by atoms with van der Waals surface area (Å²) >= 11 is 1.75. The third-order valence-electron chi connectivity index (χ3n) is 4.46. The highest BCUT2D eigenvalue weighted by Gasteiger charge is 2.23. The van der Waals surface area contributed by atoms with Gasteiger partial charge < -0.3 is 15.4 Å². The van der Waals surface area contributed by atoms with Gasteiger partial charge in [0.1, 0.15) is 0 Å². The second kappa shape index (κ2) is 11.3. The molecule has 3 unspecified atom stereocenters. The lowest BCUT2D eigenvalue weighted by atomic mass is 10.1. The number of rotatable bonds is 6. The topological polar surface area (TPSA) is 48.9 Å². The van der Waals surface area contributed by atoms with E-state index in [0.29, 0.717) is 18.0 Å². The van der Waals surface area contributed by atoms with Crippen LogP contribution in [-0.2, 0) is 4.74 Å². The predicted molar refractivity (Wildman–Crippen MR) is 114 cm³/mol. The maximum atomic E-state index is 5.51. The molecule has 1 aliphatic rings. The minimum atomic E-state index is 0. The Balaban J connectivity index is 0.00000288. The van der Waals surface area contributed by atoms with Gasteiger partial charge in [-0.25, -0.2) is 0 Å². The summed E-state index contributed by atoms with van der Waals surface area (Å²) < 4.78 is 5.51. The van der Waals surface area contributed by atoms with E-state index in [2.05, 4.69) is 58.1 Å². The van der Waals surface area contributed by atoms with E-state index in [1.54, 1.807) is 11.3 Å². The van der Waals surface area contributed by atoms with Crippen LogP contribution in [0.3, 0.4) is 0 Å². The van der Waals surface area contributed by atoms with E-state index in [1.165, 1.54) is 5.56 Å². The van der Waals surface area contributed by atoms with E-state index in [-0.39, 0.29) is 24.0 Å². The molecule has 2 rings (SSSR count). The van der Waals surface area contributed by atoms with Crippen LogP contribution in [0.15, 0.2) is 21.8 Å². The van der Waals surface area contributed by atoms with Crippen LogP contribution >= 0.6 is 35.3 Å². The Labute approximate surface area is 167 Å². The molecule has 0 spiro atoms. The minimum Gasteiger partial charge on any atom is -0.379 e. The average Bonchev–Trinajstić information content (AvgIpc) is 3.09. The number of nitrogens with one attached hydrogen (secondary N) is 2. The molecule has 0 bridgehead atoms. The summed E-state index contributed by atoms with van der Waals surface area (Å²) in [4.78, 5) is 6.83. The molecule has 2 heterocycles. The number of halogens is 1. The lowest BCUT2D eigenvalue weighted by molar-refractivity contribution is -0.0174. The fraction of sp³-hybridized carbons (Fsp3) is 0.706. The van der Waals surface area contributed by atoms with Crippen LogP contribution in [0, 0.1) is 0 Å². The molecule has 1 fully saturated rings. The molecule has 0 radical (unpaired) electrons. The third kappa shape index (κ3) is 6.50. The van der Waals surface area contributed by atoms with Gasteiger partial charge in [-0.3, -0.25) is 9.89 Å². The molecule has 2 N–H and O–H groups in total. The molecule has 24 heavy (non-hydrogen) atoms. The Kier molecular flexibility index (Phi) is 10.2. The van der Waals surface area contributed by atoms with Gasteiger partial charge in [0, 0.05) is 38.8 Å². The molecular formula is C17H31IN4OS. The minimum absolute atomic E-state index is 0. The number of thiophene rings is 1. The molecule has 7 heteroatoms. The highest BCUT2D eigenvalue weighted by atomic mass is 127. The predicted octanol–water partition coefficient (Wildman–Crippen LogP) is 2.74. The Hall–Kier alpha value is -0.380. The molecule has 0 aromatic carbocycles. The Morgan fingerprint density at radius 3 is 2.79 bits per heavy atom. The van der Waals surface area contributed by atoms with Crippen molar-refractivity contribution in [3.8, 4) is 0 Å². The molecule has 138 valence electrons. The van der Waals surface area contributed by atoms with Crippen LogP contribution in [0.1, 0.15) is 32.3 Å². The number of guanidine groups is 1. The van der Waals surface area contributed by atoms with E-state index < -0.39 is 0 Å². The summed E-state index contributed by atoms with van der Waals surface area (Å²) in [7, 11) is 1.83. The standard InChI is InChI=1S/C17H30N4OS.HI/c1-13(16-5-8-23-12-16)9-19-17(18-4)20-10-14(2)21-6-7-22-11-15(21)3;/h5,8,12-15H,6-7,9-11H2,1-4H3,(H2,18,19,20);1H. The quantitative estimate of drug-likeness (QED) is 0.385. The zero-order valence-electron chi connectivity index (χ0n) is 15.1. The maximum absolute atomic E-state index is 5.51. The molecule has 5 nitrogen and oxygen atoms in total. The highest BCUT2D eigenvalue weighted by Crippen LogP contribution is 2.17. The van der Waals surface area contributed by atoms with Gasteiger partial charge in [0.15, 0.2) is 5.96 Å². The number of nitrogens with zero attached hydrogens (tertiary/aromatic N) is 2. The summed E-state index contributed by atoms with van der Waals surface area (Å²) in [6, 6.07) is 3.13. The van der Waals surface area contributed by atoms with Gasteiger partial charge in [-0.1, -0.05) is 6.92 Å². The van der Waals surface area contributed by atoms with E-state index in [9.17, 15) is 0 Å². The van der Waals surface area contributed by atoms with Gasteiger partial charge in [-0.2, -0.15) is 11.3 Å². The van der Waals surface area contributed by atoms with Crippen molar-refractivity contribution in [2.24, 2.45) is 4.99 Å². The summed E-state index contributed by atoms with van der Waals surface area (Å²) in [5.41, 5.74) is 1.38. The largest absolute Gasteiger partial charge is 0.379 e. The molecule has 0 saturated carbocycles. The normalized spacial score (nSPS) is 21.7. The van der Waals surface area contributed by atoms with Crippen molar-refractivity contribution in [3.05, 3.63) is 22.4 Å². The summed E-state index contributed by atoms with van der Waals surface area (Å²) in [6.45, 7) is 11.2. The van der Waals surface area contributed by atoms with Crippen LogP contribution in [-0.4, -0.2) is 62.8 Å². The highest BCUT2D eigenvalue weighted by molar-refractivity contribution is 14.0. The molecule has 1 aromatic heterocycles. The summed E-state index contributed by atoms with van der Waals surface area (Å²) in [5.74, 6) is 1.36. The monoisotopic (exact) mass is 466 g/mol. The lowest BCUT2D eigenvalue weighted by Crippen LogP contribution is -2.53. The number of hydrogen-bond acceptors (Lipinski definition) is 4. The first kappa shape index (κ1) is 21.7. The van der Waals surface area contributed by atoms with Crippen LogP contribution in [0.25, 0.3) is 0 Å². The van der Waals surface area contributed by atoms with Crippen LogP contribution in [0.5, 0.6) is 0 Å². The first-order valence-electron chi connectivity index (χ1n) is 8.42. The van der Waals surface area contributed by atoms with Crippen molar-refractivity contribution in [1.82, 2.24) is 15.5 Å².